The molecule has 0 amide bonds. The highest BCUT2D eigenvalue weighted by Gasteiger charge is 2.20. The van der Waals surface area contributed by atoms with Crippen LogP contribution in [0.5, 0.6) is 0 Å². The van der Waals surface area contributed by atoms with Crippen LogP contribution in [0.2, 0.25) is 0 Å². The van der Waals surface area contributed by atoms with Gasteiger partial charge in [-0.15, -0.1) is 0 Å². The third-order valence-electron chi connectivity index (χ3n) is 5.39. The number of anilines is 1. The Morgan fingerprint density at radius 1 is 1.00 bits per heavy atom. The van der Waals surface area contributed by atoms with Gasteiger partial charge >= 0.3 is 0 Å². The fraction of sp³-hybridized carbons (Fsp3) is 0.348. The number of imidazole rings is 1. The molecule has 1 aliphatic rings. The van der Waals surface area contributed by atoms with Crippen molar-refractivity contribution in [2.75, 3.05) is 4.72 Å². The zero-order chi connectivity index (χ0) is 20.6. The van der Waals surface area contributed by atoms with Crippen molar-refractivity contribution in [3.05, 3.63) is 66.1 Å². The number of rotatable bonds is 4. The van der Waals surface area contributed by atoms with E-state index in [1.807, 2.05) is 36.5 Å². The fourth-order valence-electron chi connectivity index (χ4n) is 3.68. The summed E-state index contributed by atoms with van der Waals surface area (Å²) >= 11 is 0. The van der Waals surface area contributed by atoms with E-state index in [0.29, 0.717) is 5.69 Å². The number of fused-ring (bicyclic) bond motifs is 1. The SMILES string of the molecule is CC(C)(C)c1ccc(S(=O)(=O)Nc2ccccc2-c2cn3c(n2)CCCC3)cc1. The lowest BCUT2D eigenvalue weighted by atomic mass is 9.87. The smallest absolute Gasteiger partial charge is 0.261 e. The van der Waals surface area contributed by atoms with Gasteiger partial charge in [-0.05, 0) is 42.0 Å². The maximum Gasteiger partial charge on any atom is 0.261 e. The van der Waals surface area contributed by atoms with Gasteiger partial charge in [0.1, 0.15) is 5.82 Å². The summed E-state index contributed by atoms with van der Waals surface area (Å²) in [5.41, 5.74) is 3.22. The molecule has 2 aromatic carbocycles. The summed E-state index contributed by atoms with van der Waals surface area (Å²) in [6.45, 7) is 7.29. The first kappa shape index (κ1) is 19.7. The van der Waals surface area contributed by atoms with Gasteiger partial charge in [-0.1, -0.05) is 51.1 Å². The zero-order valence-electron chi connectivity index (χ0n) is 17.1. The van der Waals surface area contributed by atoms with Crippen molar-refractivity contribution in [2.45, 2.75) is 56.9 Å². The van der Waals surface area contributed by atoms with Gasteiger partial charge in [-0.3, -0.25) is 4.72 Å². The summed E-state index contributed by atoms with van der Waals surface area (Å²) < 4.78 is 30.9. The van der Waals surface area contributed by atoms with E-state index in [1.165, 1.54) is 0 Å². The highest BCUT2D eigenvalue weighted by Crippen LogP contribution is 2.31. The second-order valence-corrected chi connectivity index (χ2v) is 10.3. The van der Waals surface area contributed by atoms with Gasteiger partial charge < -0.3 is 4.57 Å². The van der Waals surface area contributed by atoms with Gasteiger partial charge in [0, 0.05) is 24.7 Å². The summed E-state index contributed by atoms with van der Waals surface area (Å²) in [6, 6.07) is 14.5. The van der Waals surface area contributed by atoms with Crippen molar-refractivity contribution in [3.8, 4) is 11.3 Å². The standard InChI is InChI=1S/C23H27N3O2S/c1-23(2,3)17-11-13-18(14-12-17)29(27,28)25-20-9-5-4-8-19(20)21-16-26-15-7-6-10-22(26)24-21/h4-5,8-9,11-14,16,25H,6-7,10,15H2,1-3H3. The van der Waals surface area contributed by atoms with Crippen LogP contribution in [0.4, 0.5) is 5.69 Å². The number of aryl methyl sites for hydroxylation is 2. The quantitative estimate of drug-likeness (QED) is 0.661. The van der Waals surface area contributed by atoms with E-state index in [1.54, 1.807) is 18.2 Å². The molecule has 0 radical (unpaired) electrons. The Kier molecular flexibility index (Phi) is 4.99. The Labute approximate surface area is 172 Å². The Bertz CT molecular complexity index is 1100. The molecule has 0 unspecified atom stereocenters. The second kappa shape index (κ2) is 7.34. The topological polar surface area (TPSA) is 64.0 Å². The van der Waals surface area contributed by atoms with Crippen LogP contribution in [0.3, 0.4) is 0 Å². The molecule has 0 fully saturated rings. The average molecular weight is 410 g/mol. The van der Waals surface area contributed by atoms with Crippen molar-refractivity contribution in [1.82, 2.24) is 9.55 Å². The normalized spacial score (nSPS) is 14.4. The summed E-state index contributed by atoms with van der Waals surface area (Å²) in [4.78, 5) is 5.01. The predicted molar refractivity (Wildman–Crippen MR) is 117 cm³/mol. The van der Waals surface area contributed by atoms with E-state index in [9.17, 15) is 8.42 Å². The summed E-state index contributed by atoms with van der Waals surface area (Å²) in [5.74, 6) is 1.07. The zero-order valence-corrected chi connectivity index (χ0v) is 18.0. The second-order valence-electron chi connectivity index (χ2n) is 8.62. The number of para-hydroxylation sites is 1. The maximum atomic E-state index is 13.0. The lowest BCUT2D eigenvalue weighted by Crippen LogP contribution is -2.15. The van der Waals surface area contributed by atoms with Crippen LogP contribution in [0, 0.1) is 0 Å². The fourth-order valence-corrected chi connectivity index (χ4v) is 4.76. The van der Waals surface area contributed by atoms with Gasteiger partial charge in [0.25, 0.3) is 10.0 Å². The molecule has 0 aliphatic carbocycles. The number of benzene rings is 2. The van der Waals surface area contributed by atoms with E-state index in [2.05, 4.69) is 30.1 Å². The van der Waals surface area contributed by atoms with Crippen LogP contribution in [-0.2, 0) is 28.4 Å². The first-order valence-electron chi connectivity index (χ1n) is 10.0. The molecule has 3 aromatic rings. The third-order valence-corrected chi connectivity index (χ3v) is 6.77. The van der Waals surface area contributed by atoms with Crippen LogP contribution in [-0.4, -0.2) is 18.0 Å². The van der Waals surface area contributed by atoms with E-state index < -0.39 is 10.0 Å². The number of nitrogens with zero attached hydrogens (tertiary/aromatic N) is 2. The minimum absolute atomic E-state index is 0.0252. The Morgan fingerprint density at radius 2 is 1.72 bits per heavy atom. The van der Waals surface area contributed by atoms with E-state index >= 15 is 0 Å². The lowest BCUT2D eigenvalue weighted by molar-refractivity contribution is 0.522. The lowest BCUT2D eigenvalue weighted by Gasteiger charge is -2.19. The third kappa shape index (κ3) is 4.08. The molecular formula is C23H27N3O2S. The number of sulfonamides is 1. The van der Waals surface area contributed by atoms with Gasteiger partial charge in [-0.2, -0.15) is 0 Å². The van der Waals surface area contributed by atoms with E-state index in [0.717, 1.165) is 48.5 Å². The minimum Gasteiger partial charge on any atom is -0.334 e. The number of hydrogen-bond donors (Lipinski definition) is 1. The highest BCUT2D eigenvalue weighted by atomic mass is 32.2. The maximum absolute atomic E-state index is 13.0. The van der Waals surface area contributed by atoms with Crippen molar-refractivity contribution >= 4 is 15.7 Å². The molecule has 152 valence electrons. The molecule has 6 heteroatoms. The van der Waals surface area contributed by atoms with Gasteiger partial charge in [0.05, 0.1) is 16.3 Å². The molecule has 2 heterocycles. The van der Waals surface area contributed by atoms with Crippen molar-refractivity contribution in [2.24, 2.45) is 0 Å². The largest absolute Gasteiger partial charge is 0.334 e. The molecule has 0 saturated heterocycles. The average Bonchev–Trinajstić information content (AvgIpc) is 3.11. The van der Waals surface area contributed by atoms with Crippen LogP contribution in [0.15, 0.2) is 59.6 Å². The minimum atomic E-state index is -3.69. The molecule has 4 rings (SSSR count). The summed E-state index contributed by atoms with van der Waals surface area (Å²) in [7, 11) is -3.69. The van der Waals surface area contributed by atoms with Crippen molar-refractivity contribution in [3.63, 3.8) is 0 Å². The molecule has 1 N–H and O–H groups in total. The van der Waals surface area contributed by atoms with Gasteiger partial charge in [0.15, 0.2) is 0 Å². The molecule has 29 heavy (non-hydrogen) atoms. The number of aromatic nitrogens is 2. The van der Waals surface area contributed by atoms with Gasteiger partial charge in [0.2, 0.25) is 0 Å². The molecule has 0 saturated carbocycles. The van der Waals surface area contributed by atoms with Crippen LogP contribution in [0.1, 0.15) is 45.0 Å². The molecule has 0 spiro atoms. The van der Waals surface area contributed by atoms with Crippen LogP contribution in [0.25, 0.3) is 11.3 Å². The molecule has 5 nitrogen and oxygen atoms in total. The Morgan fingerprint density at radius 3 is 2.41 bits per heavy atom. The van der Waals surface area contributed by atoms with Crippen LogP contribution < -0.4 is 4.72 Å². The highest BCUT2D eigenvalue weighted by molar-refractivity contribution is 7.92. The van der Waals surface area contributed by atoms with Crippen molar-refractivity contribution < 1.29 is 8.42 Å². The molecule has 0 bridgehead atoms. The Hall–Kier alpha value is -2.60. The van der Waals surface area contributed by atoms with Crippen molar-refractivity contribution in [1.29, 1.82) is 0 Å². The molecule has 1 aliphatic heterocycles. The van der Waals surface area contributed by atoms with E-state index in [4.69, 9.17) is 4.98 Å². The monoisotopic (exact) mass is 409 g/mol. The Balaban J connectivity index is 1.65. The molecule has 0 atom stereocenters. The first-order chi connectivity index (χ1) is 13.7. The number of nitrogens with one attached hydrogen (secondary N) is 1. The van der Waals surface area contributed by atoms with Crippen LogP contribution >= 0.6 is 0 Å². The number of hydrogen-bond acceptors (Lipinski definition) is 3. The molecular weight excluding hydrogens is 382 g/mol. The predicted octanol–water partition coefficient (Wildman–Crippen LogP) is 4.98. The van der Waals surface area contributed by atoms with Gasteiger partial charge in [-0.25, -0.2) is 13.4 Å². The summed E-state index contributed by atoms with van der Waals surface area (Å²) in [5, 5.41) is 0. The summed E-state index contributed by atoms with van der Waals surface area (Å²) in [6.07, 6.45) is 5.30. The van der Waals surface area contributed by atoms with E-state index in [-0.39, 0.29) is 10.3 Å². The first-order valence-corrected chi connectivity index (χ1v) is 11.5. The molecule has 1 aromatic heterocycles.